The lowest BCUT2D eigenvalue weighted by atomic mass is 10.1. The van der Waals surface area contributed by atoms with Crippen molar-refractivity contribution in [2.75, 3.05) is 32.7 Å². The van der Waals surface area contributed by atoms with Crippen molar-refractivity contribution in [2.45, 2.75) is 47.0 Å². The van der Waals surface area contributed by atoms with Crippen molar-refractivity contribution < 1.29 is 0 Å². The van der Waals surface area contributed by atoms with E-state index < -0.39 is 0 Å². The van der Waals surface area contributed by atoms with Gasteiger partial charge in [-0.1, -0.05) is 34.1 Å². The van der Waals surface area contributed by atoms with Gasteiger partial charge in [0.15, 0.2) is 0 Å². The van der Waals surface area contributed by atoms with Gasteiger partial charge in [0.05, 0.1) is 0 Å². The molecule has 0 heterocycles. The number of likely N-dealkylation sites (N-methyl/N-ethyl adjacent to an activating group) is 1. The predicted octanol–water partition coefficient (Wildman–Crippen LogP) is 2.74. The van der Waals surface area contributed by atoms with Gasteiger partial charge in [-0.25, -0.2) is 0 Å². The summed E-state index contributed by atoms with van der Waals surface area (Å²) in [4.78, 5) is 2.53. The van der Waals surface area contributed by atoms with E-state index in [1.807, 2.05) is 0 Å². The van der Waals surface area contributed by atoms with Crippen LogP contribution in [0.3, 0.4) is 0 Å². The first-order valence-corrected chi connectivity index (χ1v) is 6.63. The molecule has 1 N–H and O–H groups in total. The van der Waals surface area contributed by atoms with Gasteiger partial charge in [0.2, 0.25) is 0 Å². The van der Waals surface area contributed by atoms with Crippen LogP contribution in [0, 0.1) is 5.92 Å². The van der Waals surface area contributed by atoms with Crippen molar-refractivity contribution in [1.29, 1.82) is 0 Å². The lowest BCUT2D eigenvalue weighted by Gasteiger charge is -2.20. The van der Waals surface area contributed by atoms with Crippen molar-refractivity contribution in [3.8, 4) is 0 Å². The zero-order valence-corrected chi connectivity index (χ0v) is 11.2. The summed E-state index contributed by atoms with van der Waals surface area (Å²) in [6.45, 7) is 15.0. The molecule has 0 spiro atoms. The first-order valence-electron chi connectivity index (χ1n) is 6.63. The summed E-state index contributed by atoms with van der Waals surface area (Å²) in [5, 5.41) is 3.52. The Morgan fingerprint density at radius 1 is 1.07 bits per heavy atom. The fourth-order valence-electron chi connectivity index (χ4n) is 1.56. The summed E-state index contributed by atoms with van der Waals surface area (Å²) in [7, 11) is 0. The van der Waals surface area contributed by atoms with Crippen molar-refractivity contribution in [3.63, 3.8) is 0 Å². The van der Waals surface area contributed by atoms with E-state index in [-0.39, 0.29) is 0 Å². The number of rotatable bonds is 10. The highest BCUT2D eigenvalue weighted by molar-refractivity contribution is 4.58. The Hall–Kier alpha value is -0.0800. The summed E-state index contributed by atoms with van der Waals surface area (Å²) >= 11 is 0. The molecular formula is C13H30N2. The Balaban J connectivity index is 3.30. The summed E-state index contributed by atoms with van der Waals surface area (Å²) in [5.74, 6) is 0.819. The third kappa shape index (κ3) is 10.2. The topological polar surface area (TPSA) is 15.3 Å². The lowest BCUT2D eigenvalue weighted by molar-refractivity contribution is 0.282. The minimum Gasteiger partial charge on any atom is -0.315 e. The van der Waals surface area contributed by atoms with Crippen molar-refractivity contribution in [1.82, 2.24) is 10.2 Å². The van der Waals surface area contributed by atoms with Gasteiger partial charge < -0.3 is 10.2 Å². The van der Waals surface area contributed by atoms with Crippen LogP contribution in [0.1, 0.15) is 47.0 Å². The van der Waals surface area contributed by atoms with E-state index in [9.17, 15) is 0 Å². The normalized spacial score (nSPS) is 11.6. The van der Waals surface area contributed by atoms with Gasteiger partial charge in [-0.3, -0.25) is 0 Å². The molecule has 0 radical (unpaired) electrons. The summed E-state index contributed by atoms with van der Waals surface area (Å²) in [5.41, 5.74) is 0. The van der Waals surface area contributed by atoms with Crippen molar-refractivity contribution in [3.05, 3.63) is 0 Å². The van der Waals surface area contributed by atoms with E-state index in [1.165, 1.54) is 45.4 Å². The van der Waals surface area contributed by atoms with Crippen LogP contribution in [-0.2, 0) is 0 Å². The number of hydrogen-bond acceptors (Lipinski definition) is 2. The van der Waals surface area contributed by atoms with Crippen LogP contribution in [0.5, 0.6) is 0 Å². The summed E-state index contributed by atoms with van der Waals surface area (Å²) in [6, 6.07) is 0. The number of unbranched alkanes of at least 4 members (excludes halogenated alkanes) is 1. The standard InChI is InChI=1S/C13H30N2/c1-5-7-11-15(6-2)12-10-14-9-8-13(3)4/h13-14H,5-12H2,1-4H3. The monoisotopic (exact) mass is 214 g/mol. The molecule has 2 heteroatoms. The maximum absolute atomic E-state index is 3.52. The smallest absolute Gasteiger partial charge is 0.0107 e. The van der Waals surface area contributed by atoms with Crippen LogP contribution in [0.4, 0.5) is 0 Å². The number of nitrogens with zero attached hydrogens (tertiary/aromatic N) is 1. The molecule has 0 atom stereocenters. The van der Waals surface area contributed by atoms with Crippen molar-refractivity contribution >= 4 is 0 Å². The molecule has 0 aliphatic rings. The molecule has 0 rings (SSSR count). The fraction of sp³-hybridized carbons (Fsp3) is 1.00. The molecule has 0 aromatic rings. The maximum Gasteiger partial charge on any atom is 0.0107 e. The summed E-state index contributed by atoms with van der Waals surface area (Å²) < 4.78 is 0. The van der Waals surface area contributed by atoms with Crippen LogP contribution in [-0.4, -0.2) is 37.6 Å². The molecule has 0 amide bonds. The van der Waals surface area contributed by atoms with Gasteiger partial charge in [0.25, 0.3) is 0 Å². The number of hydrogen-bond donors (Lipinski definition) is 1. The predicted molar refractivity (Wildman–Crippen MR) is 69.3 cm³/mol. The SMILES string of the molecule is CCCCN(CC)CCNCCC(C)C. The highest BCUT2D eigenvalue weighted by Gasteiger charge is 2.00. The minimum absolute atomic E-state index is 0.819. The second-order valence-electron chi connectivity index (χ2n) is 4.72. The van der Waals surface area contributed by atoms with E-state index in [0.29, 0.717) is 0 Å². The third-order valence-corrected chi connectivity index (χ3v) is 2.78. The van der Waals surface area contributed by atoms with Gasteiger partial charge in [-0.2, -0.15) is 0 Å². The van der Waals surface area contributed by atoms with Gasteiger partial charge in [0, 0.05) is 13.1 Å². The van der Waals surface area contributed by atoms with E-state index in [2.05, 4.69) is 37.9 Å². The van der Waals surface area contributed by atoms with E-state index in [1.54, 1.807) is 0 Å². The van der Waals surface area contributed by atoms with Gasteiger partial charge in [-0.05, 0) is 38.4 Å². The second kappa shape index (κ2) is 10.4. The van der Waals surface area contributed by atoms with E-state index in [4.69, 9.17) is 0 Å². The Kier molecular flexibility index (Phi) is 10.4. The second-order valence-corrected chi connectivity index (χ2v) is 4.72. The quantitative estimate of drug-likeness (QED) is 0.563. The van der Waals surface area contributed by atoms with Gasteiger partial charge in [0.1, 0.15) is 0 Å². The van der Waals surface area contributed by atoms with Crippen LogP contribution >= 0.6 is 0 Å². The molecule has 0 bridgehead atoms. The highest BCUT2D eigenvalue weighted by Crippen LogP contribution is 1.96. The third-order valence-electron chi connectivity index (χ3n) is 2.78. The van der Waals surface area contributed by atoms with Crippen LogP contribution < -0.4 is 5.32 Å². The van der Waals surface area contributed by atoms with Crippen LogP contribution in [0.2, 0.25) is 0 Å². The number of nitrogens with one attached hydrogen (secondary N) is 1. The molecule has 0 aromatic heterocycles. The molecule has 0 fully saturated rings. The summed E-state index contributed by atoms with van der Waals surface area (Å²) in [6.07, 6.45) is 3.93. The molecule has 92 valence electrons. The average molecular weight is 214 g/mol. The molecule has 2 nitrogen and oxygen atoms in total. The van der Waals surface area contributed by atoms with Crippen LogP contribution in [0.15, 0.2) is 0 Å². The molecular weight excluding hydrogens is 184 g/mol. The van der Waals surface area contributed by atoms with E-state index >= 15 is 0 Å². The molecule has 15 heavy (non-hydrogen) atoms. The molecule has 0 aliphatic carbocycles. The molecule has 0 aliphatic heterocycles. The maximum atomic E-state index is 3.52. The Morgan fingerprint density at radius 2 is 1.80 bits per heavy atom. The molecule has 0 saturated heterocycles. The van der Waals surface area contributed by atoms with E-state index in [0.717, 1.165) is 12.5 Å². The Bertz CT molecular complexity index is 124. The zero-order valence-electron chi connectivity index (χ0n) is 11.2. The first-order chi connectivity index (χ1) is 7.20. The molecule has 0 unspecified atom stereocenters. The average Bonchev–Trinajstić information content (AvgIpc) is 2.21. The van der Waals surface area contributed by atoms with Gasteiger partial charge in [-0.15, -0.1) is 0 Å². The Labute approximate surface area is 96.4 Å². The largest absolute Gasteiger partial charge is 0.315 e. The Morgan fingerprint density at radius 3 is 2.33 bits per heavy atom. The highest BCUT2D eigenvalue weighted by atomic mass is 15.1. The molecule has 0 saturated carbocycles. The zero-order chi connectivity index (χ0) is 11.5. The minimum atomic E-state index is 0.819. The van der Waals surface area contributed by atoms with Crippen LogP contribution in [0.25, 0.3) is 0 Å². The first kappa shape index (κ1) is 14.9. The van der Waals surface area contributed by atoms with Gasteiger partial charge >= 0.3 is 0 Å². The molecule has 0 aromatic carbocycles. The fourth-order valence-corrected chi connectivity index (χ4v) is 1.56. The lowest BCUT2D eigenvalue weighted by Crippen LogP contribution is -2.33. The van der Waals surface area contributed by atoms with Crippen molar-refractivity contribution in [2.24, 2.45) is 5.92 Å².